The van der Waals surface area contributed by atoms with Crippen molar-refractivity contribution in [3.8, 4) is 5.75 Å². The molecule has 1 aromatic carbocycles. The van der Waals surface area contributed by atoms with E-state index in [2.05, 4.69) is 15.0 Å². The van der Waals surface area contributed by atoms with Crippen molar-refractivity contribution in [2.75, 3.05) is 18.5 Å². The second-order valence-electron chi connectivity index (χ2n) is 5.27. The molecule has 9 heteroatoms. The highest BCUT2D eigenvalue weighted by Gasteiger charge is 2.39. The van der Waals surface area contributed by atoms with Gasteiger partial charge in [-0.05, 0) is 31.2 Å². The average Bonchev–Trinajstić information content (AvgIpc) is 2.78. The highest BCUT2D eigenvalue weighted by atomic mass is 19.4. The van der Waals surface area contributed by atoms with Crippen molar-refractivity contribution >= 4 is 11.6 Å². The molecule has 2 atom stereocenters. The standard InChI is InChI=1S/C14H18F3N3O3/c1-9-13(21,6-7-22-9)8-19-12(18)20-10-2-4-11(5-3-10)23-14(15,16)17/h2-5,9,21H,6-8H2,1H3,(H3,18,19,20). The van der Waals surface area contributed by atoms with Gasteiger partial charge in [0.05, 0.1) is 12.6 Å². The van der Waals surface area contributed by atoms with E-state index in [1.807, 2.05) is 0 Å². The molecule has 4 N–H and O–H groups in total. The Morgan fingerprint density at radius 3 is 2.65 bits per heavy atom. The summed E-state index contributed by atoms with van der Waals surface area (Å²) in [7, 11) is 0. The summed E-state index contributed by atoms with van der Waals surface area (Å²) >= 11 is 0. The van der Waals surface area contributed by atoms with Crippen LogP contribution in [0, 0.1) is 0 Å². The molecule has 0 aromatic heterocycles. The molecular formula is C14H18F3N3O3. The second-order valence-corrected chi connectivity index (χ2v) is 5.27. The molecule has 0 saturated carbocycles. The Morgan fingerprint density at radius 2 is 2.13 bits per heavy atom. The quantitative estimate of drug-likeness (QED) is 0.578. The number of anilines is 1. The lowest BCUT2D eigenvalue weighted by atomic mass is 9.97. The summed E-state index contributed by atoms with van der Waals surface area (Å²) in [5.41, 5.74) is 5.09. The minimum absolute atomic E-state index is 0.0435. The van der Waals surface area contributed by atoms with Gasteiger partial charge in [-0.3, -0.25) is 4.99 Å². The maximum Gasteiger partial charge on any atom is 0.573 e. The molecule has 0 radical (unpaired) electrons. The molecule has 0 spiro atoms. The number of rotatable bonds is 4. The maximum absolute atomic E-state index is 12.1. The van der Waals surface area contributed by atoms with E-state index in [-0.39, 0.29) is 24.4 Å². The summed E-state index contributed by atoms with van der Waals surface area (Å²) in [6.07, 6.45) is -4.60. The summed E-state index contributed by atoms with van der Waals surface area (Å²) in [4.78, 5) is 4.05. The number of halogens is 3. The van der Waals surface area contributed by atoms with Crippen LogP contribution in [0.1, 0.15) is 13.3 Å². The van der Waals surface area contributed by atoms with Gasteiger partial charge in [-0.25, -0.2) is 0 Å². The minimum Gasteiger partial charge on any atom is -0.406 e. The number of nitrogens with one attached hydrogen (secondary N) is 1. The van der Waals surface area contributed by atoms with Gasteiger partial charge in [0.15, 0.2) is 5.96 Å². The first kappa shape index (κ1) is 17.4. The highest BCUT2D eigenvalue weighted by molar-refractivity contribution is 5.92. The molecule has 1 saturated heterocycles. The van der Waals surface area contributed by atoms with Gasteiger partial charge in [-0.15, -0.1) is 13.2 Å². The van der Waals surface area contributed by atoms with Crippen molar-refractivity contribution < 1.29 is 27.8 Å². The summed E-state index contributed by atoms with van der Waals surface area (Å²) in [6.45, 7) is 2.29. The number of aliphatic hydroxyl groups is 1. The number of alkyl halides is 3. The zero-order chi connectivity index (χ0) is 17.1. The second kappa shape index (κ2) is 6.63. The maximum atomic E-state index is 12.1. The zero-order valence-electron chi connectivity index (χ0n) is 12.4. The molecular weight excluding hydrogens is 315 g/mol. The predicted molar refractivity (Wildman–Crippen MR) is 78.2 cm³/mol. The topological polar surface area (TPSA) is 89.1 Å². The van der Waals surface area contributed by atoms with Crippen molar-refractivity contribution in [2.24, 2.45) is 10.7 Å². The lowest BCUT2D eigenvalue weighted by molar-refractivity contribution is -0.274. The monoisotopic (exact) mass is 333 g/mol. The van der Waals surface area contributed by atoms with E-state index in [1.165, 1.54) is 12.1 Å². The van der Waals surface area contributed by atoms with Crippen LogP contribution in [0.3, 0.4) is 0 Å². The van der Waals surface area contributed by atoms with Crippen LogP contribution in [0.2, 0.25) is 0 Å². The Kier molecular flexibility index (Phi) is 5.00. The molecule has 2 rings (SSSR count). The average molecular weight is 333 g/mol. The summed E-state index contributed by atoms with van der Waals surface area (Å²) < 4.78 is 45.2. The third kappa shape index (κ3) is 5.00. The number of aliphatic imine (C=N–C) groups is 1. The van der Waals surface area contributed by atoms with Gasteiger partial charge >= 0.3 is 6.36 Å². The van der Waals surface area contributed by atoms with Crippen LogP contribution in [-0.4, -0.2) is 42.3 Å². The van der Waals surface area contributed by atoms with E-state index < -0.39 is 12.0 Å². The summed E-state index contributed by atoms with van der Waals surface area (Å²) in [6, 6.07) is 5.06. The molecule has 6 nitrogen and oxygen atoms in total. The highest BCUT2D eigenvalue weighted by Crippen LogP contribution is 2.26. The zero-order valence-corrected chi connectivity index (χ0v) is 12.4. The Labute approximate surface area is 131 Å². The smallest absolute Gasteiger partial charge is 0.406 e. The van der Waals surface area contributed by atoms with Gasteiger partial charge in [0.25, 0.3) is 0 Å². The minimum atomic E-state index is -4.73. The van der Waals surface area contributed by atoms with E-state index in [1.54, 1.807) is 6.92 Å². The van der Waals surface area contributed by atoms with Crippen molar-refractivity contribution in [3.63, 3.8) is 0 Å². The van der Waals surface area contributed by atoms with E-state index >= 15 is 0 Å². The predicted octanol–water partition coefficient (Wildman–Crippen LogP) is 1.85. The van der Waals surface area contributed by atoms with Crippen molar-refractivity contribution in [3.05, 3.63) is 24.3 Å². The fraction of sp³-hybridized carbons (Fsp3) is 0.500. The van der Waals surface area contributed by atoms with Gasteiger partial charge in [0.1, 0.15) is 11.4 Å². The summed E-state index contributed by atoms with van der Waals surface area (Å²) in [5.74, 6) is -0.285. The first-order chi connectivity index (χ1) is 10.7. The fourth-order valence-corrected chi connectivity index (χ4v) is 2.13. The van der Waals surface area contributed by atoms with Gasteiger partial charge in [0, 0.05) is 18.7 Å². The normalized spacial score (nSPS) is 25.4. The summed E-state index contributed by atoms with van der Waals surface area (Å²) in [5, 5.41) is 13.0. The Hall–Kier alpha value is -2.00. The number of hydrogen-bond acceptors (Lipinski definition) is 4. The van der Waals surface area contributed by atoms with Gasteiger partial charge in [-0.1, -0.05) is 0 Å². The number of ether oxygens (including phenoxy) is 2. The molecule has 0 amide bonds. The lowest BCUT2D eigenvalue weighted by Gasteiger charge is -2.23. The molecule has 23 heavy (non-hydrogen) atoms. The molecule has 1 heterocycles. The molecule has 1 aliphatic rings. The van der Waals surface area contributed by atoms with Crippen LogP contribution < -0.4 is 15.8 Å². The van der Waals surface area contributed by atoms with E-state index in [0.29, 0.717) is 18.7 Å². The van der Waals surface area contributed by atoms with Crippen molar-refractivity contribution in [2.45, 2.75) is 31.4 Å². The first-order valence-corrected chi connectivity index (χ1v) is 6.95. The number of guanidine groups is 1. The van der Waals surface area contributed by atoms with Crippen LogP contribution in [0.25, 0.3) is 0 Å². The number of hydrogen-bond donors (Lipinski definition) is 3. The van der Waals surface area contributed by atoms with Crippen LogP contribution in [0.15, 0.2) is 29.3 Å². The van der Waals surface area contributed by atoms with Gasteiger partial charge in [0.2, 0.25) is 0 Å². The molecule has 2 unspecified atom stereocenters. The first-order valence-electron chi connectivity index (χ1n) is 6.95. The van der Waals surface area contributed by atoms with Gasteiger partial charge < -0.3 is 25.6 Å². The van der Waals surface area contributed by atoms with E-state index in [9.17, 15) is 18.3 Å². The number of benzene rings is 1. The molecule has 0 bridgehead atoms. The SMILES string of the molecule is CC1OCCC1(O)CN=C(N)Nc1ccc(OC(F)(F)F)cc1. The fourth-order valence-electron chi connectivity index (χ4n) is 2.13. The van der Waals surface area contributed by atoms with Crippen LogP contribution in [0.5, 0.6) is 5.75 Å². The van der Waals surface area contributed by atoms with Gasteiger partial charge in [-0.2, -0.15) is 0 Å². The van der Waals surface area contributed by atoms with E-state index in [4.69, 9.17) is 10.5 Å². The van der Waals surface area contributed by atoms with Crippen LogP contribution in [0.4, 0.5) is 18.9 Å². The Balaban J connectivity index is 1.92. The number of nitrogens with two attached hydrogens (primary N) is 1. The molecule has 1 fully saturated rings. The third-order valence-electron chi connectivity index (χ3n) is 3.54. The van der Waals surface area contributed by atoms with Crippen molar-refractivity contribution in [1.29, 1.82) is 0 Å². The largest absolute Gasteiger partial charge is 0.573 e. The molecule has 1 aromatic rings. The van der Waals surface area contributed by atoms with Crippen molar-refractivity contribution in [1.82, 2.24) is 0 Å². The number of nitrogens with zero attached hydrogens (tertiary/aromatic N) is 1. The Morgan fingerprint density at radius 1 is 1.48 bits per heavy atom. The molecule has 0 aliphatic carbocycles. The third-order valence-corrected chi connectivity index (χ3v) is 3.54. The molecule has 1 aliphatic heterocycles. The van der Waals surface area contributed by atoms with E-state index in [0.717, 1.165) is 12.1 Å². The van der Waals surface area contributed by atoms with Crippen LogP contribution in [-0.2, 0) is 4.74 Å². The molecule has 128 valence electrons. The Bertz CT molecular complexity index is 563. The lowest BCUT2D eigenvalue weighted by Crippen LogP contribution is -2.40. The van der Waals surface area contributed by atoms with Crippen LogP contribution >= 0.6 is 0 Å².